The first-order valence-corrected chi connectivity index (χ1v) is 10.1. The van der Waals surface area contributed by atoms with Crippen LogP contribution in [0, 0.1) is 0 Å². The maximum absolute atomic E-state index is 4.31. The molecule has 0 spiro atoms. The van der Waals surface area contributed by atoms with Gasteiger partial charge in [0.2, 0.25) is 0 Å². The van der Waals surface area contributed by atoms with Gasteiger partial charge < -0.3 is 4.90 Å². The van der Waals surface area contributed by atoms with Gasteiger partial charge in [0.05, 0.1) is 22.8 Å². The molecular weight excluding hydrogens is 358 g/mol. The van der Waals surface area contributed by atoms with Crippen LogP contribution in [0.4, 0.5) is 0 Å². The van der Waals surface area contributed by atoms with E-state index in [-0.39, 0.29) is 0 Å². The van der Waals surface area contributed by atoms with E-state index in [1.807, 2.05) is 75.5 Å². The molecule has 0 aromatic rings. The monoisotopic (exact) mass is 389 g/mol. The van der Waals surface area contributed by atoms with Crippen LogP contribution in [-0.2, 0) is 0 Å². The van der Waals surface area contributed by atoms with Gasteiger partial charge in [-0.1, -0.05) is 30.4 Å². The molecule has 1 aliphatic carbocycles. The molecule has 0 N–H and O–H groups in total. The Hall–Kier alpha value is -3.08. The van der Waals surface area contributed by atoms with Crippen molar-refractivity contribution in [3.05, 3.63) is 95.8 Å². The second-order valence-electron chi connectivity index (χ2n) is 7.01. The van der Waals surface area contributed by atoms with Crippen LogP contribution in [0.3, 0.4) is 0 Å². The quantitative estimate of drug-likeness (QED) is 0.321. The van der Waals surface area contributed by atoms with Crippen LogP contribution in [0.1, 0.15) is 40.0 Å². The van der Waals surface area contributed by atoms with Crippen LogP contribution < -0.4 is 0 Å². The highest BCUT2D eigenvalue weighted by molar-refractivity contribution is 5.30. The first-order chi connectivity index (χ1) is 14.1. The number of hydrogen-bond acceptors (Lipinski definition) is 5. The zero-order valence-electron chi connectivity index (χ0n) is 17.8. The fraction of sp³-hybridized carbons (Fsp3) is 0.333. The van der Waals surface area contributed by atoms with Crippen molar-refractivity contribution in [3.63, 3.8) is 0 Å². The van der Waals surface area contributed by atoms with Crippen LogP contribution in [0.2, 0.25) is 0 Å². The molecule has 1 fully saturated rings. The molecule has 5 heteroatoms. The van der Waals surface area contributed by atoms with Crippen LogP contribution >= 0.6 is 0 Å². The minimum atomic E-state index is 0.618. The third-order valence-electron chi connectivity index (χ3n) is 4.46. The van der Waals surface area contributed by atoms with Crippen molar-refractivity contribution in [2.45, 2.75) is 40.0 Å². The molecule has 29 heavy (non-hydrogen) atoms. The van der Waals surface area contributed by atoms with Crippen molar-refractivity contribution in [2.24, 2.45) is 20.5 Å². The number of hydrogen-bond donors (Lipinski definition) is 0. The zero-order valence-corrected chi connectivity index (χ0v) is 17.8. The molecule has 0 aromatic heterocycles. The van der Waals surface area contributed by atoms with Gasteiger partial charge >= 0.3 is 0 Å². The Morgan fingerprint density at radius 3 is 2.62 bits per heavy atom. The lowest BCUT2D eigenvalue weighted by Gasteiger charge is -2.08. The fourth-order valence-corrected chi connectivity index (χ4v) is 2.60. The molecule has 0 bridgehead atoms. The molecule has 1 saturated heterocycles. The highest BCUT2D eigenvalue weighted by atomic mass is 15.1. The van der Waals surface area contributed by atoms with E-state index in [4.69, 9.17) is 0 Å². The average molecular weight is 390 g/mol. The lowest BCUT2D eigenvalue weighted by molar-refractivity contribution is 0.468. The summed E-state index contributed by atoms with van der Waals surface area (Å²) < 4.78 is 0. The summed E-state index contributed by atoms with van der Waals surface area (Å²) in [7, 11) is 0. The average Bonchev–Trinajstić information content (AvgIpc) is 3.13. The van der Waals surface area contributed by atoms with Crippen LogP contribution in [0.5, 0.6) is 0 Å². The molecule has 0 saturated carbocycles. The molecule has 0 amide bonds. The number of allylic oxidation sites excluding steroid dienone is 11. The van der Waals surface area contributed by atoms with Gasteiger partial charge in [0.25, 0.3) is 0 Å². The molecule has 2 rings (SSSR count). The van der Waals surface area contributed by atoms with Gasteiger partial charge in [-0.15, -0.1) is 0 Å². The van der Waals surface area contributed by atoms with Gasteiger partial charge in [-0.25, -0.2) is 0 Å². The standard InChI is InChI=1S/C24H31N5/c1-5-20(2)13-14-22(4)26-28-24-12-8-11-23(15-16-24)27-25-21(3)10-9-19-29-17-6-7-18-29/h5,8-11,13-16,19H,4,6-7,12,17-18H2,1-3H3/b14-13-,19-9+,20-5-,21-10+,27-25?,28-26?. The molecule has 152 valence electrons. The summed E-state index contributed by atoms with van der Waals surface area (Å²) in [6.45, 7) is 12.2. The highest BCUT2D eigenvalue weighted by Crippen LogP contribution is 2.16. The lowest BCUT2D eigenvalue weighted by atomic mass is 10.2. The van der Waals surface area contributed by atoms with E-state index in [0.717, 1.165) is 35.8 Å². The third kappa shape index (κ3) is 9.10. The van der Waals surface area contributed by atoms with Gasteiger partial charge in [0.1, 0.15) is 0 Å². The van der Waals surface area contributed by atoms with Gasteiger partial charge in [0.15, 0.2) is 0 Å². The smallest absolute Gasteiger partial charge is 0.0854 e. The SMILES string of the molecule is C=C(/C=C\C(C)=C/C)N=NC1=CC=C(N=N/C(C)=C/C=C/N2CCCC2)C=CC1. The molecule has 0 atom stereocenters. The largest absolute Gasteiger partial charge is 0.377 e. The van der Waals surface area contributed by atoms with Crippen molar-refractivity contribution in [3.8, 4) is 0 Å². The number of rotatable bonds is 8. The van der Waals surface area contributed by atoms with Crippen LogP contribution in [-0.4, -0.2) is 18.0 Å². The Kier molecular flexibility index (Phi) is 9.49. The van der Waals surface area contributed by atoms with E-state index in [2.05, 4.69) is 38.1 Å². The molecule has 0 unspecified atom stereocenters. The first kappa shape index (κ1) is 22.2. The first-order valence-electron chi connectivity index (χ1n) is 10.1. The van der Waals surface area contributed by atoms with Crippen molar-refractivity contribution in [2.75, 3.05) is 13.1 Å². The third-order valence-corrected chi connectivity index (χ3v) is 4.46. The lowest BCUT2D eigenvalue weighted by Crippen LogP contribution is -2.09. The molecule has 5 nitrogen and oxygen atoms in total. The normalized spacial score (nSPS) is 19.1. The predicted octanol–water partition coefficient (Wildman–Crippen LogP) is 7.17. The number of nitrogens with zero attached hydrogens (tertiary/aromatic N) is 5. The maximum Gasteiger partial charge on any atom is 0.0854 e. The summed E-state index contributed by atoms with van der Waals surface area (Å²) in [5.41, 5.74) is 4.28. The van der Waals surface area contributed by atoms with E-state index < -0.39 is 0 Å². The summed E-state index contributed by atoms with van der Waals surface area (Å²) in [6.07, 6.45) is 23.0. The Balaban J connectivity index is 1.92. The van der Waals surface area contributed by atoms with Gasteiger partial charge in [-0.05, 0) is 76.3 Å². The molecular formula is C24H31N5. The summed E-state index contributed by atoms with van der Waals surface area (Å²) in [5, 5.41) is 17.0. The molecule has 1 aliphatic heterocycles. The Bertz CT molecular complexity index is 838. The van der Waals surface area contributed by atoms with Crippen molar-refractivity contribution < 1.29 is 0 Å². The maximum atomic E-state index is 4.31. The number of azo groups is 2. The van der Waals surface area contributed by atoms with Crippen molar-refractivity contribution in [1.82, 2.24) is 4.90 Å². The van der Waals surface area contributed by atoms with E-state index >= 15 is 0 Å². The summed E-state index contributed by atoms with van der Waals surface area (Å²) >= 11 is 0. The Morgan fingerprint density at radius 2 is 1.86 bits per heavy atom. The fourth-order valence-electron chi connectivity index (χ4n) is 2.60. The van der Waals surface area contributed by atoms with E-state index in [1.54, 1.807) is 0 Å². The van der Waals surface area contributed by atoms with Crippen LogP contribution in [0.25, 0.3) is 0 Å². The van der Waals surface area contributed by atoms with Crippen molar-refractivity contribution in [1.29, 1.82) is 0 Å². The predicted molar refractivity (Wildman–Crippen MR) is 121 cm³/mol. The molecule has 0 radical (unpaired) electrons. The highest BCUT2D eigenvalue weighted by Gasteiger charge is 2.05. The summed E-state index contributed by atoms with van der Waals surface area (Å²) in [4.78, 5) is 2.32. The minimum absolute atomic E-state index is 0.618. The molecule has 1 heterocycles. The zero-order chi connectivity index (χ0) is 20.9. The van der Waals surface area contributed by atoms with Gasteiger partial charge in [0, 0.05) is 19.5 Å². The Morgan fingerprint density at radius 1 is 1.07 bits per heavy atom. The van der Waals surface area contributed by atoms with E-state index in [0.29, 0.717) is 12.1 Å². The molecule has 2 aliphatic rings. The topological polar surface area (TPSA) is 52.7 Å². The van der Waals surface area contributed by atoms with Crippen LogP contribution in [0.15, 0.2) is 116 Å². The molecule has 0 aromatic carbocycles. The minimum Gasteiger partial charge on any atom is -0.377 e. The van der Waals surface area contributed by atoms with Crippen molar-refractivity contribution >= 4 is 0 Å². The second kappa shape index (κ2) is 12.4. The van der Waals surface area contributed by atoms with E-state index in [1.165, 1.54) is 12.8 Å². The van der Waals surface area contributed by atoms with E-state index in [9.17, 15) is 0 Å². The summed E-state index contributed by atoms with van der Waals surface area (Å²) in [5.74, 6) is 0. The number of likely N-dealkylation sites (tertiary alicyclic amines) is 1. The van der Waals surface area contributed by atoms with Gasteiger partial charge in [-0.2, -0.15) is 20.5 Å². The Labute approximate surface area is 174 Å². The van der Waals surface area contributed by atoms with Gasteiger partial charge in [-0.3, -0.25) is 0 Å². The summed E-state index contributed by atoms with van der Waals surface area (Å²) in [6, 6.07) is 0. The second-order valence-corrected chi connectivity index (χ2v) is 7.01.